The van der Waals surface area contributed by atoms with E-state index in [0.717, 1.165) is 22.2 Å². The van der Waals surface area contributed by atoms with Crippen molar-refractivity contribution < 1.29 is 0 Å². The molecule has 2 atom stereocenters. The highest BCUT2D eigenvalue weighted by Crippen LogP contribution is 2.77. The summed E-state index contributed by atoms with van der Waals surface area (Å²) in [6, 6.07) is 0. The number of hydrogen-bond acceptors (Lipinski definition) is 0. The number of rotatable bonds is 0. The zero-order chi connectivity index (χ0) is 10.9. The lowest BCUT2D eigenvalue weighted by Crippen LogP contribution is -2.57. The lowest BCUT2D eigenvalue weighted by Gasteiger charge is -2.67. The van der Waals surface area contributed by atoms with Crippen LogP contribution in [-0.4, -0.2) is 0 Å². The van der Waals surface area contributed by atoms with Gasteiger partial charge >= 0.3 is 0 Å². The Balaban J connectivity index is 1.81. The number of fused-ring (bicyclic) bond motifs is 2. The third-order valence-corrected chi connectivity index (χ3v) is 7.43. The zero-order valence-electron chi connectivity index (χ0n) is 10.9. The number of hydrogen-bond donors (Lipinski definition) is 0. The van der Waals surface area contributed by atoms with Gasteiger partial charge in [0, 0.05) is 0 Å². The lowest BCUT2D eigenvalue weighted by molar-refractivity contribution is -0.171. The van der Waals surface area contributed by atoms with Gasteiger partial charge in [-0.15, -0.1) is 0 Å². The van der Waals surface area contributed by atoms with Gasteiger partial charge in [0.05, 0.1) is 0 Å². The third kappa shape index (κ3) is 0.985. The predicted octanol–water partition coefficient (Wildman–Crippen LogP) is 4.93. The van der Waals surface area contributed by atoms with Crippen LogP contribution >= 0.6 is 0 Å². The Hall–Kier alpha value is 0. The van der Waals surface area contributed by atoms with E-state index in [-0.39, 0.29) is 0 Å². The van der Waals surface area contributed by atoms with E-state index >= 15 is 0 Å². The smallest absolute Gasteiger partial charge is 0.0233 e. The molecule has 6 aliphatic carbocycles. The molecule has 0 heterocycles. The van der Waals surface area contributed by atoms with Crippen LogP contribution < -0.4 is 0 Å². The summed E-state index contributed by atoms with van der Waals surface area (Å²) in [4.78, 5) is 0. The molecule has 0 radical (unpaired) electrons. The molecule has 90 valence electrons. The van der Waals surface area contributed by atoms with Gasteiger partial charge in [0.25, 0.3) is 0 Å². The minimum atomic E-state index is 0.742. The second-order valence-corrected chi connectivity index (χ2v) is 7.89. The van der Waals surface area contributed by atoms with Crippen LogP contribution in [0.3, 0.4) is 0 Å². The topological polar surface area (TPSA) is 0 Å². The third-order valence-electron chi connectivity index (χ3n) is 7.43. The average molecular weight is 218 g/mol. The van der Waals surface area contributed by atoms with E-state index in [1.54, 1.807) is 57.8 Å². The summed E-state index contributed by atoms with van der Waals surface area (Å²) in [6.07, 6.45) is 17.4. The molecule has 2 unspecified atom stereocenters. The highest BCUT2D eigenvalue weighted by molar-refractivity contribution is 5.17. The van der Waals surface area contributed by atoms with Gasteiger partial charge in [-0.25, -0.2) is 0 Å². The van der Waals surface area contributed by atoms with Crippen molar-refractivity contribution in [2.45, 2.75) is 77.6 Å². The van der Waals surface area contributed by atoms with Gasteiger partial charge in [0.15, 0.2) is 0 Å². The Morgan fingerprint density at radius 3 is 2.56 bits per heavy atom. The van der Waals surface area contributed by atoms with Crippen LogP contribution in [0.25, 0.3) is 0 Å². The largest absolute Gasteiger partial charge is 0.0591 e. The minimum absolute atomic E-state index is 0.742. The first-order valence-corrected chi connectivity index (χ1v) is 7.68. The fraction of sp³-hybridized carbons (Fsp3) is 1.00. The highest BCUT2D eigenvalue weighted by Gasteiger charge is 2.67. The highest BCUT2D eigenvalue weighted by atomic mass is 14.7. The summed E-state index contributed by atoms with van der Waals surface area (Å²) in [6.45, 7) is 2.66. The Kier molecular flexibility index (Phi) is 1.79. The second kappa shape index (κ2) is 2.87. The van der Waals surface area contributed by atoms with E-state index in [1.807, 2.05) is 0 Å². The molecule has 0 aromatic heterocycles. The Labute approximate surface area is 100 Å². The molecule has 6 aliphatic rings. The predicted molar refractivity (Wildman–Crippen MR) is 67.3 cm³/mol. The minimum Gasteiger partial charge on any atom is -0.0591 e. The van der Waals surface area contributed by atoms with Crippen LogP contribution in [0.2, 0.25) is 0 Å². The van der Waals surface area contributed by atoms with Gasteiger partial charge in [0.2, 0.25) is 0 Å². The summed E-state index contributed by atoms with van der Waals surface area (Å²) in [5.41, 5.74) is 2.43. The molecule has 16 heavy (non-hydrogen) atoms. The fourth-order valence-electron chi connectivity index (χ4n) is 6.46. The molecule has 0 N–H and O–H groups in total. The van der Waals surface area contributed by atoms with Crippen LogP contribution in [0.15, 0.2) is 0 Å². The van der Waals surface area contributed by atoms with Crippen LogP contribution in [-0.2, 0) is 0 Å². The summed E-state index contributed by atoms with van der Waals surface area (Å²) in [5, 5.41) is 0. The van der Waals surface area contributed by atoms with E-state index in [0.29, 0.717) is 0 Å². The van der Waals surface area contributed by atoms with Crippen LogP contribution in [0.4, 0.5) is 0 Å². The molecule has 0 aliphatic heterocycles. The van der Waals surface area contributed by atoms with E-state index in [4.69, 9.17) is 0 Å². The SMILES string of the molecule is CC12CCCCC(CC1)C13CCCC2(C1)C3. The molecule has 6 fully saturated rings. The van der Waals surface area contributed by atoms with E-state index in [2.05, 4.69) is 6.92 Å². The maximum atomic E-state index is 2.66. The van der Waals surface area contributed by atoms with Crippen LogP contribution in [0, 0.1) is 22.2 Å². The maximum absolute atomic E-state index is 2.66. The summed E-state index contributed by atoms with van der Waals surface area (Å²) < 4.78 is 0. The van der Waals surface area contributed by atoms with Gasteiger partial charge < -0.3 is 0 Å². The van der Waals surface area contributed by atoms with Crippen molar-refractivity contribution in [2.75, 3.05) is 0 Å². The van der Waals surface area contributed by atoms with Crippen LogP contribution in [0.1, 0.15) is 77.6 Å². The first kappa shape index (κ1) is 9.97. The Morgan fingerprint density at radius 1 is 0.812 bits per heavy atom. The van der Waals surface area contributed by atoms with Gasteiger partial charge in [-0.2, -0.15) is 0 Å². The molecule has 0 spiro atoms. The Morgan fingerprint density at radius 2 is 1.69 bits per heavy atom. The summed E-state index contributed by atoms with van der Waals surface area (Å²) >= 11 is 0. The molecular formula is C16H26. The van der Waals surface area contributed by atoms with Crippen molar-refractivity contribution in [2.24, 2.45) is 22.2 Å². The first-order chi connectivity index (χ1) is 7.68. The quantitative estimate of drug-likeness (QED) is 0.541. The van der Waals surface area contributed by atoms with Gasteiger partial charge in [-0.3, -0.25) is 0 Å². The average Bonchev–Trinajstić information content (AvgIpc) is 2.30. The summed E-state index contributed by atoms with van der Waals surface area (Å²) in [5.74, 6) is 1.13. The van der Waals surface area contributed by atoms with E-state index in [9.17, 15) is 0 Å². The van der Waals surface area contributed by atoms with Crippen LogP contribution in [0.5, 0.6) is 0 Å². The van der Waals surface area contributed by atoms with Gasteiger partial charge in [-0.1, -0.05) is 26.2 Å². The molecule has 6 rings (SSSR count). The lowest BCUT2D eigenvalue weighted by atomic mass is 9.38. The molecular weight excluding hydrogens is 192 g/mol. The van der Waals surface area contributed by atoms with Gasteiger partial charge in [-0.05, 0) is 73.5 Å². The zero-order valence-corrected chi connectivity index (χ0v) is 10.9. The molecule has 6 saturated carbocycles. The monoisotopic (exact) mass is 218 g/mol. The second-order valence-electron chi connectivity index (χ2n) is 7.89. The van der Waals surface area contributed by atoms with Crippen molar-refractivity contribution in [1.82, 2.24) is 0 Å². The molecule has 4 bridgehead atoms. The standard InChI is InChI=1S/C16H26/c1-14-7-3-2-5-13(6-10-14)15-8-4-9-16(14,11-15)12-15/h13H,2-12H2,1H3. The molecule has 0 saturated heterocycles. The molecule has 0 nitrogen and oxygen atoms in total. The normalized spacial score (nSPS) is 59.4. The van der Waals surface area contributed by atoms with E-state index in [1.165, 1.54) is 12.8 Å². The molecule has 0 aromatic carbocycles. The molecule has 0 heteroatoms. The van der Waals surface area contributed by atoms with Crippen molar-refractivity contribution in [1.29, 1.82) is 0 Å². The molecule has 0 aromatic rings. The van der Waals surface area contributed by atoms with Crippen molar-refractivity contribution in [3.63, 3.8) is 0 Å². The Bertz CT molecular complexity index is 310. The van der Waals surface area contributed by atoms with Gasteiger partial charge in [0.1, 0.15) is 0 Å². The van der Waals surface area contributed by atoms with E-state index < -0.39 is 0 Å². The van der Waals surface area contributed by atoms with Crippen molar-refractivity contribution >= 4 is 0 Å². The first-order valence-electron chi connectivity index (χ1n) is 7.68. The van der Waals surface area contributed by atoms with Crippen molar-refractivity contribution in [3.05, 3.63) is 0 Å². The fourth-order valence-corrected chi connectivity index (χ4v) is 6.46. The summed E-state index contributed by atoms with van der Waals surface area (Å²) in [7, 11) is 0. The molecule has 0 amide bonds. The maximum Gasteiger partial charge on any atom is -0.0233 e. The van der Waals surface area contributed by atoms with Crippen molar-refractivity contribution in [3.8, 4) is 0 Å².